The van der Waals surface area contributed by atoms with Crippen molar-refractivity contribution in [3.63, 3.8) is 0 Å². The van der Waals surface area contributed by atoms with Gasteiger partial charge >= 0.3 is 6.18 Å². The number of rotatable bonds is 7. The van der Waals surface area contributed by atoms with Gasteiger partial charge in [-0.2, -0.15) is 13.2 Å². The highest BCUT2D eigenvalue weighted by Crippen LogP contribution is 2.32. The Labute approximate surface area is 184 Å². The molecular weight excluding hydrogens is 455 g/mol. The molecule has 0 fully saturated rings. The van der Waals surface area contributed by atoms with Gasteiger partial charge in [-0.15, -0.1) is 11.3 Å². The average molecular weight is 472 g/mol. The zero-order chi connectivity index (χ0) is 23.2. The van der Waals surface area contributed by atoms with E-state index in [4.69, 9.17) is 11.6 Å². The second kappa shape index (κ2) is 10.3. The van der Waals surface area contributed by atoms with Gasteiger partial charge in [0.25, 0.3) is 11.8 Å². The third kappa shape index (κ3) is 6.72. The van der Waals surface area contributed by atoms with Gasteiger partial charge in [0.2, 0.25) is 0 Å². The quantitative estimate of drug-likeness (QED) is 0.587. The maximum atomic E-state index is 13.1. The third-order valence-corrected chi connectivity index (χ3v) is 5.23. The zero-order valence-electron chi connectivity index (χ0n) is 16.3. The molecule has 2 aromatic rings. The van der Waals surface area contributed by atoms with Crippen LogP contribution in [0, 0.1) is 0 Å². The van der Waals surface area contributed by atoms with Crippen molar-refractivity contribution in [3.05, 3.63) is 75.4 Å². The van der Waals surface area contributed by atoms with E-state index in [1.54, 1.807) is 6.92 Å². The monoisotopic (exact) mass is 471 g/mol. The summed E-state index contributed by atoms with van der Waals surface area (Å²) in [5, 5.41) is 4.89. The number of hydrogen-bond acceptors (Lipinski definition) is 6. The predicted octanol–water partition coefficient (Wildman–Crippen LogP) is 4.30. The first-order chi connectivity index (χ1) is 14.5. The Hall–Kier alpha value is -3.05. The topological polar surface area (TPSA) is 96.9 Å². The molecule has 31 heavy (non-hydrogen) atoms. The van der Waals surface area contributed by atoms with Gasteiger partial charge in [-0.3, -0.25) is 9.59 Å². The molecule has 0 spiro atoms. The number of carbonyl (C=O) groups is 2. The molecule has 0 radical (unpaired) electrons. The van der Waals surface area contributed by atoms with Crippen molar-refractivity contribution in [1.82, 2.24) is 25.6 Å². The standard InChI is InChI=1S/C19H17ClF3N5O2S/c1-4-13(20)12(19(21,22)23)7-10(2)27-17(30)15-8-25-18(31-15)11(3)28-16(29)14-5-6-24-9-26-14/h4-9,11H,1H2,2-3H3,(H,27,30)(H,28,29)/b10-7+,13-12-/t11-/m1/s1. The van der Waals surface area contributed by atoms with Crippen LogP contribution in [0.3, 0.4) is 0 Å². The van der Waals surface area contributed by atoms with Crippen LogP contribution in [0.4, 0.5) is 13.2 Å². The Kier molecular flexibility index (Phi) is 8.06. The lowest BCUT2D eigenvalue weighted by Gasteiger charge is -2.11. The van der Waals surface area contributed by atoms with Crippen LogP contribution in [0.15, 0.2) is 59.8 Å². The van der Waals surface area contributed by atoms with Crippen molar-refractivity contribution < 1.29 is 22.8 Å². The van der Waals surface area contributed by atoms with E-state index in [-0.39, 0.29) is 16.3 Å². The molecule has 0 aliphatic heterocycles. The van der Waals surface area contributed by atoms with Crippen LogP contribution in [0.25, 0.3) is 0 Å². The fourth-order valence-electron chi connectivity index (χ4n) is 2.24. The molecule has 0 aliphatic carbocycles. The van der Waals surface area contributed by atoms with Gasteiger partial charge in [-0.1, -0.05) is 24.3 Å². The molecule has 2 amide bonds. The molecular formula is C19H17ClF3N5O2S. The minimum atomic E-state index is -4.72. The van der Waals surface area contributed by atoms with Crippen LogP contribution in [0.5, 0.6) is 0 Å². The van der Waals surface area contributed by atoms with Crippen LogP contribution in [0.1, 0.15) is 45.1 Å². The number of amides is 2. The summed E-state index contributed by atoms with van der Waals surface area (Å²) in [5.74, 6) is -1.09. The van der Waals surface area contributed by atoms with Crippen molar-refractivity contribution in [2.24, 2.45) is 0 Å². The molecule has 0 aromatic carbocycles. The summed E-state index contributed by atoms with van der Waals surface area (Å²) in [5.41, 5.74) is -1.03. The van der Waals surface area contributed by atoms with Gasteiger partial charge < -0.3 is 10.6 Å². The third-order valence-electron chi connectivity index (χ3n) is 3.69. The molecule has 0 unspecified atom stereocenters. The molecule has 0 saturated heterocycles. The van der Waals surface area contributed by atoms with E-state index in [9.17, 15) is 22.8 Å². The minimum absolute atomic E-state index is 0.0719. The fourth-order valence-corrected chi connectivity index (χ4v) is 3.22. The van der Waals surface area contributed by atoms with Crippen LogP contribution in [0.2, 0.25) is 0 Å². The highest BCUT2D eigenvalue weighted by Gasteiger charge is 2.34. The van der Waals surface area contributed by atoms with Crippen molar-refractivity contribution >= 4 is 34.8 Å². The molecule has 0 aliphatic rings. The second-order valence-electron chi connectivity index (χ2n) is 6.10. The molecule has 2 heterocycles. The number of aromatic nitrogens is 3. The van der Waals surface area contributed by atoms with E-state index in [0.717, 1.165) is 17.4 Å². The predicted molar refractivity (Wildman–Crippen MR) is 110 cm³/mol. The Morgan fingerprint density at radius 2 is 2.00 bits per heavy atom. The molecule has 2 N–H and O–H groups in total. The molecule has 2 aromatic heterocycles. The van der Waals surface area contributed by atoms with Gasteiger partial charge in [0, 0.05) is 11.9 Å². The maximum Gasteiger partial charge on any atom is 0.417 e. The van der Waals surface area contributed by atoms with E-state index in [2.05, 4.69) is 32.2 Å². The first-order valence-corrected chi connectivity index (χ1v) is 9.84. The van der Waals surface area contributed by atoms with E-state index in [1.165, 1.54) is 31.7 Å². The summed E-state index contributed by atoms with van der Waals surface area (Å²) in [7, 11) is 0. The van der Waals surface area contributed by atoms with Crippen LogP contribution < -0.4 is 10.6 Å². The first-order valence-electron chi connectivity index (χ1n) is 8.64. The lowest BCUT2D eigenvalue weighted by Crippen LogP contribution is -2.27. The number of nitrogens with one attached hydrogen (secondary N) is 2. The van der Waals surface area contributed by atoms with Gasteiger partial charge in [-0.25, -0.2) is 15.0 Å². The van der Waals surface area contributed by atoms with Gasteiger partial charge in [0.15, 0.2) is 0 Å². The highest BCUT2D eigenvalue weighted by atomic mass is 35.5. The Bertz CT molecular complexity index is 1030. The van der Waals surface area contributed by atoms with E-state index >= 15 is 0 Å². The Morgan fingerprint density at radius 1 is 1.29 bits per heavy atom. The largest absolute Gasteiger partial charge is 0.417 e. The summed E-state index contributed by atoms with van der Waals surface area (Å²) in [6.07, 6.45) is 0.801. The lowest BCUT2D eigenvalue weighted by atomic mass is 10.2. The van der Waals surface area contributed by atoms with Gasteiger partial charge in [-0.05, 0) is 26.0 Å². The molecule has 1 atom stereocenters. The maximum absolute atomic E-state index is 13.1. The molecule has 0 saturated carbocycles. The highest BCUT2D eigenvalue weighted by molar-refractivity contribution is 7.13. The minimum Gasteiger partial charge on any atom is -0.342 e. The van der Waals surface area contributed by atoms with E-state index in [1.807, 2.05) is 0 Å². The molecule has 2 rings (SSSR count). The normalized spacial score (nSPS) is 13.8. The van der Waals surface area contributed by atoms with Crippen molar-refractivity contribution in [2.75, 3.05) is 0 Å². The molecule has 0 bridgehead atoms. The lowest BCUT2D eigenvalue weighted by molar-refractivity contribution is -0.0885. The van der Waals surface area contributed by atoms with Crippen molar-refractivity contribution in [1.29, 1.82) is 0 Å². The summed E-state index contributed by atoms with van der Waals surface area (Å²) in [4.78, 5) is 36.3. The second-order valence-corrected chi connectivity index (χ2v) is 7.57. The number of carbonyl (C=O) groups excluding carboxylic acids is 2. The summed E-state index contributed by atoms with van der Waals surface area (Å²) in [6, 6.07) is 0.914. The van der Waals surface area contributed by atoms with Crippen LogP contribution in [-0.2, 0) is 0 Å². The number of halogens is 4. The van der Waals surface area contributed by atoms with Crippen LogP contribution >= 0.6 is 22.9 Å². The smallest absolute Gasteiger partial charge is 0.342 e. The zero-order valence-corrected chi connectivity index (χ0v) is 17.9. The SMILES string of the molecule is C=C/C(Cl)=C(\C=C(/C)NC(=O)c1cnc([C@@H](C)NC(=O)c2ccncn2)s1)C(F)(F)F. The molecule has 7 nitrogen and oxygen atoms in total. The van der Waals surface area contributed by atoms with E-state index < -0.39 is 34.6 Å². The Balaban J connectivity index is 2.09. The molecule has 164 valence electrons. The van der Waals surface area contributed by atoms with Gasteiger partial charge in [0.05, 0.1) is 22.8 Å². The van der Waals surface area contributed by atoms with Crippen molar-refractivity contribution in [3.8, 4) is 0 Å². The number of alkyl halides is 3. The number of nitrogens with zero attached hydrogens (tertiary/aromatic N) is 3. The van der Waals surface area contributed by atoms with E-state index in [0.29, 0.717) is 11.1 Å². The van der Waals surface area contributed by atoms with Crippen molar-refractivity contribution in [2.45, 2.75) is 26.1 Å². The summed E-state index contributed by atoms with van der Waals surface area (Å²) < 4.78 is 39.3. The van der Waals surface area contributed by atoms with Gasteiger partial charge in [0.1, 0.15) is 21.9 Å². The number of hydrogen-bond donors (Lipinski definition) is 2. The summed E-state index contributed by atoms with van der Waals surface area (Å²) >= 11 is 6.56. The summed E-state index contributed by atoms with van der Waals surface area (Å²) in [6.45, 7) is 6.18. The Morgan fingerprint density at radius 3 is 2.58 bits per heavy atom. The first kappa shape index (κ1) is 24.2. The fraction of sp³-hybridized carbons (Fsp3) is 0.211. The number of thiazole rings is 1. The average Bonchev–Trinajstić information content (AvgIpc) is 3.22. The number of allylic oxidation sites excluding steroid dienone is 5. The van der Waals surface area contributed by atoms with Crippen LogP contribution in [-0.4, -0.2) is 32.9 Å². The molecule has 12 heteroatoms.